The number of fused-ring (bicyclic) bond motifs is 1. The molecule has 3 rings (SSSR count). The molecule has 100 valence electrons. The molecular weight excluding hydrogens is 232 g/mol. The lowest BCUT2D eigenvalue weighted by Gasteiger charge is -2.18. The topological polar surface area (TPSA) is 17.8 Å². The second-order valence-electron chi connectivity index (χ2n) is 6.11. The lowest BCUT2D eigenvalue weighted by Crippen LogP contribution is -2.16. The lowest BCUT2D eigenvalue weighted by atomic mass is 9.98. The summed E-state index contributed by atoms with van der Waals surface area (Å²) >= 11 is 0. The lowest BCUT2D eigenvalue weighted by molar-refractivity contribution is 0.409. The Kier molecular flexibility index (Phi) is 2.96. The van der Waals surface area contributed by atoms with Crippen LogP contribution in [0.4, 0.5) is 0 Å². The van der Waals surface area contributed by atoms with Gasteiger partial charge in [-0.25, -0.2) is 4.98 Å². The summed E-state index contributed by atoms with van der Waals surface area (Å²) < 4.78 is 2.34. The van der Waals surface area contributed by atoms with Crippen molar-refractivity contribution in [1.29, 1.82) is 0 Å². The molecule has 1 aromatic heterocycles. The molecular formula is C17H22N2. The fourth-order valence-electron chi connectivity index (χ4n) is 3.29. The average molecular weight is 254 g/mol. The monoisotopic (exact) mass is 254 g/mol. The third-order valence-electron chi connectivity index (χ3n) is 4.19. The summed E-state index contributed by atoms with van der Waals surface area (Å²) in [6.45, 7) is 9.98. The van der Waals surface area contributed by atoms with E-state index in [4.69, 9.17) is 4.98 Å². The van der Waals surface area contributed by atoms with Gasteiger partial charge in [-0.05, 0) is 44.2 Å². The van der Waals surface area contributed by atoms with Crippen molar-refractivity contribution in [2.75, 3.05) is 0 Å². The van der Waals surface area contributed by atoms with Crippen molar-refractivity contribution in [1.82, 2.24) is 9.55 Å². The average Bonchev–Trinajstić information content (AvgIpc) is 2.69. The Labute approximate surface area is 115 Å². The molecule has 0 saturated carbocycles. The zero-order valence-electron chi connectivity index (χ0n) is 12.3. The van der Waals surface area contributed by atoms with Crippen LogP contribution in [-0.4, -0.2) is 9.55 Å². The first-order chi connectivity index (χ1) is 9.04. The van der Waals surface area contributed by atoms with E-state index in [9.17, 15) is 0 Å². The molecule has 1 aliphatic heterocycles. The molecule has 0 bridgehead atoms. The van der Waals surface area contributed by atoms with E-state index in [1.807, 2.05) is 0 Å². The molecule has 1 atom stereocenters. The molecule has 0 amide bonds. The van der Waals surface area contributed by atoms with Gasteiger partial charge in [-0.1, -0.05) is 24.6 Å². The fraction of sp³-hybridized carbons (Fsp3) is 0.471. The van der Waals surface area contributed by atoms with Crippen molar-refractivity contribution in [3.63, 3.8) is 0 Å². The molecule has 2 aromatic rings. The molecule has 0 saturated heterocycles. The van der Waals surface area contributed by atoms with E-state index in [0.717, 1.165) is 24.6 Å². The van der Waals surface area contributed by atoms with Gasteiger partial charge in [0.05, 0.1) is 5.69 Å². The molecule has 0 aliphatic carbocycles. The van der Waals surface area contributed by atoms with Gasteiger partial charge in [0.15, 0.2) is 0 Å². The summed E-state index contributed by atoms with van der Waals surface area (Å²) in [5.41, 5.74) is 6.47. The number of rotatable bonds is 1. The van der Waals surface area contributed by atoms with Crippen LogP contribution < -0.4 is 0 Å². The van der Waals surface area contributed by atoms with E-state index in [0.29, 0.717) is 0 Å². The molecule has 0 fully saturated rings. The number of hydrogen-bond donors (Lipinski definition) is 0. The smallest absolute Gasteiger partial charge is 0.109 e. The minimum absolute atomic E-state index is 0.767. The normalized spacial score (nSPS) is 18.4. The van der Waals surface area contributed by atoms with E-state index < -0.39 is 0 Å². The van der Waals surface area contributed by atoms with Crippen LogP contribution in [0.15, 0.2) is 18.3 Å². The van der Waals surface area contributed by atoms with Gasteiger partial charge in [-0.2, -0.15) is 0 Å². The summed E-state index contributed by atoms with van der Waals surface area (Å²) in [5, 5.41) is 0. The van der Waals surface area contributed by atoms with E-state index in [-0.39, 0.29) is 0 Å². The molecule has 0 spiro atoms. The fourth-order valence-corrected chi connectivity index (χ4v) is 3.29. The molecule has 0 N–H and O–H groups in total. The minimum atomic E-state index is 0.767. The number of hydrogen-bond acceptors (Lipinski definition) is 1. The Bertz CT molecular complexity index is 599. The highest BCUT2D eigenvalue weighted by Gasteiger charge is 2.19. The molecule has 1 unspecified atom stereocenters. The largest absolute Gasteiger partial charge is 0.334 e. The van der Waals surface area contributed by atoms with Crippen molar-refractivity contribution < 1.29 is 0 Å². The van der Waals surface area contributed by atoms with Gasteiger partial charge in [0, 0.05) is 24.7 Å². The summed E-state index contributed by atoms with van der Waals surface area (Å²) in [7, 11) is 0. The van der Waals surface area contributed by atoms with Gasteiger partial charge >= 0.3 is 0 Å². The third kappa shape index (κ3) is 2.20. The van der Waals surface area contributed by atoms with Crippen LogP contribution in [0.2, 0.25) is 0 Å². The molecule has 0 radical (unpaired) electrons. The molecule has 2 heterocycles. The van der Waals surface area contributed by atoms with Crippen molar-refractivity contribution in [2.45, 2.75) is 47.1 Å². The van der Waals surface area contributed by atoms with Crippen LogP contribution in [0.3, 0.4) is 0 Å². The van der Waals surface area contributed by atoms with Crippen molar-refractivity contribution in [3.8, 4) is 11.3 Å². The van der Waals surface area contributed by atoms with Crippen LogP contribution in [0.25, 0.3) is 11.3 Å². The van der Waals surface area contributed by atoms with Gasteiger partial charge in [0.2, 0.25) is 0 Å². The minimum Gasteiger partial charge on any atom is -0.334 e. The number of aryl methyl sites for hydroxylation is 4. The number of imidazole rings is 1. The summed E-state index contributed by atoms with van der Waals surface area (Å²) in [5.74, 6) is 2.02. The summed E-state index contributed by atoms with van der Waals surface area (Å²) in [4.78, 5) is 4.89. The van der Waals surface area contributed by atoms with Crippen LogP contribution in [0, 0.1) is 26.7 Å². The Morgan fingerprint density at radius 2 is 1.84 bits per heavy atom. The molecule has 19 heavy (non-hydrogen) atoms. The van der Waals surface area contributed by atoms with E-state index in [2.05, 4.69) is 50.6 Å². The summed E-state index contributed by atoms with van der Waals surface area (Å²) in [6.07, 6.45) is 4.63. The van der Waals surface area contributed by atoms with Crippen LogP contribution in [-0.2, 0) is 13.0 Å². The maximum atomic E-state index is 4.89. The zero-order valence-corrected chi connectivity index (χ0v) is 12.3. The quantitative estimate of drug-likeness (QED) is 0.750. The van der Waals surface area contributed by atoms with Gasteiger partial charge in [-0.15, -0.1) is 0 Å². The first kappa shape index (κ1) is 12.5. The van der Waals surface area contributed by atoms with Gasteiger partial charge in [0.25, 0.3) is 0 Å². The maximum Gasteiger partial charge on any atom is 0.109 e. The Balaban J connectivity index is 2.09. The maximum absolute atomic E-state index is 4.89. The summed E-state index contributed by atoms with van der Waals surface area (Å²) in [6, 6.07) is 4.51. The highest BCUT2D eigenvalue weighted by atomic mass is 15.1. The van der Waals surface area contributed by atoms with Crippen molar-refractivity contribution in [2.24, 2.45) is 5.92 Å². The Morgan fingerprint density at radius 3 is 2.53 bits per heavy atom. The van der Waals surface area contributed by atoms with Crippen LogP contribution in [0.5, 0.6) is 0 Å². The van der Waals surface area contributed by atoms with Crippen molar-refractivity contribution >= 4 is 0 Å². The zero-order chi connectivity index (χ0) is 13.6. The number of benzene rings is 1. The molecule has 2 heteroatoms. The van der Waals surface area contributed by atoms with E-state index in [1.165, 1.54) is 34.5 Å². The van der Waals surface area contributed by atoms with Crippen LogP contribution in [0.1, 0.15) is 35.9 Å². The highest BCUT2D eigenvalue weighted by molar-refractivity contribution is 5.68. The standard InChI is InChI=1S/C17H22N2/c1-11-5-6-19-10-15(18-16(19)9-11)17-13(3)7-12(2)8-14(17)4/h7-8,10-11H,5-6,9H2,1-4H3. The first-order valence-electron chi connectivity index (χ1n) is 7.19. The predicted molar refractivity (Wildman–Crippen MR) is 79.4 cm³/mol. The van der Waals surface area contributed by atoms with E-state index >= 15 is 0 Å². The SMILES string of the molecule is Cc1cc(C)c(-c2cn3c(n2)CC(C)CC3)c(C)c1. The van der Waals surface area contributed by atoms with Gasteiger partial charge in [0.1, 0.15) is 5.82 Å². The van der Waals surface area contributed by atoms with Crippen LogP contribution >= 0.6 is 0 Å². The number of nitrogens with zero attached hydrogens (tertiary/aromatic N) is 2. The van der Waals surface area contributed by atoms with Gasteiger partial charge in [-0.3, -0.25) is 0 Å². The van der Waals surface area contributed by atoms with Gasteiger partial charge < -0.3 is 4.57 Å². The number of aromatic nitrogens is 2. The second-order valence-corrected chi connectivity index (χ2v) is 6.11. The molecule has 1 aliphatic rings. The van der Waals surface area contributed by atoms with Crippen molar-refractivity contribution in [3.05, 3.63) is 40.8 Å². The van der Waals surface area contributed by atoms with E-state index in [1.54, 1.807) is 0 Å². The first-order valence-corrected chi connectivity index (χ1v) is 7.19. The second kappa shape index (κ2) is 4.52. The third-order valence-corrected chi connectivity index (χ3v) is 4.19. The predicted octanol–water partition coefficient (Wildman–Crippen LogP) is 4.06. The molecule has 1 aromatic carbocycles. The Hall–Kier alpha value is -1.57. The highest BCUT2D eigenvalue weighted by Crippen LogP contribution is 2.30. The molecule has 2 nitrogen and oxygen atoms in total. The Morgan fingerprint density at radius 1 is 1.16 bits per heavy atom.